The number of methoxy groups -OCH3 is 1. The summed E-state index contributed by atoms with van der Waals surface area (Å²) in [5.41, 5.74) is -1.61. The SMILES string of the molecule is COC(=O)c1ccc(C2=NOC(C3=CC(C(F)(F)F)NN3C)(C(F)(F)F)C2)cc1. The zero-order valence-corrected chi connectivity index (χ0v) is 15.1. The lowest BCUT2D eigenvalue weighted by Gasteiger charge is -2.33. The number of rotatable bonds is 3. The number of carbonyl (C=O) groups is 1. The minimum atomic E-state index is -5.05. The van der Waals surface area contributed by atoms with Gasteiger partial charge in [0.15, 0.2) is 0 Å². The van der Waals surface area contributed by atoms with E-state index in [0.717, 1.165) is 7.05 Å². The van der Waals surface area contributed by atoms with Gasteiger partial charge >= 0.3 is 18.3 Å². The standard InChI is InChI=1S/C17H15F6N3O3/c1-26-13(7-12(24-26)16(18,19)20)15(17(21,22)23)8-11(25-29-15)9-3-5-10(6-4-9)14(27)28-2/h3-7,12,24H,8H2,1-2H3. The van der Waals surface area contributed by atoms with Crippen LogP contribution in [0.4, 0.5) is 26.3 Å². The van der Waals surface area contributed by atoms with E-state index in [1.807, 2.05) is 5.43 Å². The molecule has 0 amide bonds. The van der Waals surface area contributed by atoms with E-state index in [1.165, 1.54) is 31.4 Å². The fraction of sp³-hybridized carbons (Fsp3) is 0.412. The predicted molar refractivity (Wildman–Crippen MR) is 87.6 cm³/mol. The number of likely N-dealkylation sites (N-methyl/N-ethyl adjacent to an activating group) is 1. The van der Waals surface area contributed by atoms with Crippen LogP contribution < -0.4 is 5.43 Å². The van der Waals surface area contributed by atoms with Gasteiger partial charge < -0.3 is 14.6 Å². The number of alkyl halides is 6. The van der Waals surface area contributed by atoms with E-state index in [-0.39, 0.29) is 16.8 Å². The molecule has 1 N–H and O–H groups in total. The summed E-state index contributed by atoms with van der Waals surface area (Å²) in [6, 6.07) is 3.09. The second kappa shape index (κ2) is 6.94. The molecule has 12 heteroatoms. The lowest BCUT2D eigenvalue weighted by atomic mass is 9.89. The van der Waals surface area contributed by atoms with Gasteiger partial charge in [-0.3, -0.25) is 0 Å². The van der Waals surface area contributed by atoms with E-state index < -0.39 is 42.1 Å². The quantitative estimate of drug-likeness (QED) is 0.598. The number of hydrogen-bond acceptors (Lipinski definition) is 6. The van der Waals surface area contributed by atoms with Crippen molar-refractivity contribution in [2.45, 2.75) is 30.4 Å². The molecule has 0 radical (unpaired) electrons. The second-order valence-corrected chi connectivity index (χ2v) is 6.46. The molecule has 0 aliphatic carbocycles. The minimum absolute atomic E-state index is 0.122. The summed E-state index contributed by atoms with van der Waals surface area (Å²) in [6.45, 7) is 0. The highest BCUT2D eigenvalue weighted by atomic mass is 19.4. The molecule has 2 atom stereocenters. The van der Waals surface area contributed by atoms with E-state index in [4.69, 9.17) is 4.84 Å². The Morgan fingerprint density at radius 1 is 1.24 bits per heavy atom. The van der Waals surface area contributed by atoms with Crippen molar-refractivity contribution >= 4 is 11.7 Å². The number of hydrazine groups is 1. The predicted octanol–water partition coefficient (Wildman–Crippen LogP) is 3.16. The van der Waals surface area contributed by atoms with Gasteiger partial charge in [-0.05, 0) is 23.8 Å². The number of esters is 1. The Labute approximate surface area is 160 Å². The zero-order valence-electron chi connectivity index (χ0n) is 15.1. The van der Waals surface area contributed by atoms with Crippen LogP contribution >= 0.6 is 0 Å². The Bertz CT molecular complexity index is 863. The van der Waals surface area contributed by atoms with Crippen molar-refractivity contribution in [3.63, 3.8) is 0 Å². The third-order valence-electron chi connectivity index (χ3n) is 4.61. The Kier molecular flexibility index (Phi) is 5.01. The van der Waals surface area contributed by atoms with Crippen LogP contribution in [0.15, 0.2) is 41.2 Å². The van der Waals surface area contributed by atoms with Gasteiger partial charge in [-0.25, -0.2) is 10.2 Å². The van der Waals surface area contributed by atoms with Crippen LogP contribution in [-0.4, -0.2) is 54.8 Å². The van der Waals surface area contributed by atoms with Gasteiger partial charge in [0.05, 0.1) is 30.5 Å². The van der Waals surface area contributed by atoms with Crippen molar-refractivity contribution < 1.29 is 40.7 Å². The maximum atomic E-state index is 13.9. The summed E-state index contributed by atoms with van der Waals surface area (Å²) < 4.78 is 85.2. The fourth-order valence-corrected chi connectivity index (χ4v) is 3.10. The maximum absolute atomic E-state index is 13.9. The normalized spacial score (nSPS) is 24.8. The Morgan fingerprint density at radius 3 is 2.34 bits per heavy atom. The fourth-order valence-electron chi connectivity index (χ4n) is 3.10. The first-order chi connectivity index (χ1) is 13.4. The van der Waals surface area contributed by atoms with Crippen LogP contribution in [0.25, 0.3) is 0 Å². The zero-order chi connectivity index (χ0) is 21.6. The summed E-state index contributed by atoms with van der Waals surface area (Å²) in [5, 5.41) is 4.13. The van der Waals surface area contributed by atoms with Crippen molar-refractivity contribution in [1.29, 1.82) is 0 Å². The highest BCUT2D eigenvalue weighted by Gasteiger charge is 2.66. The van der Waals surface area contributed by atoms with Crippen LogP contribution in [0.2, 0.25) is 0 Å². The number of oxime groups is 1. The van der Waals surface area contributed by atoms with Crippen LogP contribution in [0, 0.1) is 0 Å². The molecule has 0 bridgehead atoms. The van der Waals surface area contributed by atoms with Crippen LogP contribution in [-0.2, 0) is 9.57 Å². The molecule has 158 valence electrons. The minimum Gasteiger partial charge on any atom is -0.465 e. The number of carbonyl (C=O) groups excluding carboxylic acids is 1. The van der Waals surface area contributed by atoms with Gasteiger partial charge in [0.2, 0.25) is 0 Å². The van der Waals surface area contributed by atoms with Crippen molar-refractivity contribution in [1.82, 2.24) is 10.4 Å². The van der Waals surface area contributed by atoms with Gasteiger partial charge in [-0.2, -0.15) is 26.3 Å². The summed E-state index contributed by atoms with van der Waals surface area (Å²) >= 11 is 0. The molecule has 2 aliphatic heterocycles. The molecular weight excluding hydrogens is 408 g/mol. The van der Waals surface area contributed by atoms with Gasteiger partial charge in [-0.15, -0.1) is 0 Å². The van der Waals surface area contributed by atoms with Gasteiger partial charge in [-0.1, -0.05) is 17.3 Å². The van der Waals surface area contributed by atoms with E-state index in [1.54, 1.807) is 0 Å². The molecule has 0 fully saturated rings. The number of benzene rings is 1. The summed E-state index contributed by atoms with van der Waals surface area (Å²) in [5.74, 6) is -0.632. The first-order valence-electron chi connectivity index (χ1n) is 8.18. The van der Waals surface area contributed by atoms with Crippen LogP contribution in [0.3, 0.4) is 0 Å². The monoisotopic (exact) mass is 423 g/mol. The number of ether oxygens (including phenoxy) is 1. The lowest BCUT2D eigenvalue weighted by Crippen LogP contribution is -2.52. The summed E-state index contributed by atoms with van der Waals surface area (Å²) in [6.07, 6.45) is -10.2. The van der Waals surface area contributed by atoms with E-state index in [2.05, 4.69) is 9.89 Å². The van der Waals surface area contributed by atoms with Crippen molar-refractivity contribution in [2.75, 3.05) is 14.2 Å². The summed E-state index contributed by atoms with van der Waals surface area (Å²) in [7, 11) is 2.22. The topological polar surface area (TPSA) is 63.2 Å². The maximum Gasteiger partial charge on any atom is 0.437 e. The van der Waals surface area contributed by atoms with Crippen LogP contribution in [0.5, 0.6) is 0 Å². The Morgan fingerprint density at radius 2 is 1.86 bits per heavy atom. The number of nitrogens with zero attached hydrogens (tertiary/aromatic N) is 2. The molecule has 29 heavy (non-hydrogen) atoms. The Hall–Kier alpha value is -2.76. The van der Waals surface area contributed by atoms with Crippen molar-refractivity contribution in [2.24, 2.45) is 5.16 Å². The van der Waals surface area contributed by atoms with Crippen LogP contribution in [0.1, 0.15) is 22.3 Å². The highest BCUT2D eigenvalue weighted by molar-refractivity contribution is 6.02. The third kappa shape index (κ3) is 3.63. The first-order valence-corrected chi connectivity index (χ1v) is 8.18. The molecule has 3 rings (SSSR count). The summed E-state index contributed by atoms with van der Waals surface area (Å²) in [4.78, 5) is 16.2. The molecule has 0 spiro atoms. The number of nitrogens with one attached hydrogen (secondary N) is 1. The molecule has 2 unspecified atom stereocenters. The smallest absolute Gasteiger partial charge is 0.437 e. The molecule has 0 saturated carbocycles. The molecule has 1 aromatic rings. The van der Waals surface area contributed by atoms with E-state index in [9.17, 15) is 31.1 Å². The number of hydrogen-bond donors (Lipinski definition) is 1. The molecule has 6 nitrogen and oxygen atoms in total. The molecule has 1 aromatic carbocycles. The largest absolute Gasteiger partial charge is 0.465 e. The lowest BCUT2D eigenvalue weighted by molar-refractivity contribution is -0.259. The molecule has 0 aromatic heterocycles. The molecule has 0 saturated heterocycles. The molecule has 2 heterocycles. The average Bonchev–Trinajstić information content (AvgIpc) is 3.25. The van der Waals surface area contributed by atoms with E-state index in [0.29, 0.717) is 11.1 Å². The Balaban J connectivity index is 1.92. The van der Waals surface area contributed by atoms with E-state index >= 15 is 0 Å². The number of halogens is 6. The van der Waals surface area contributed by atoms with Gasteiger partial charge in [0, 0.05) is 7.05 Å². The molecular formula is C17H15F6N3O3. The second-order valence-electron chi connectivity index (χ2n) is 6.46. The molecule has 2 aliphatic rings. The van der Waals surface area contributed by atoms with Crippen molar-refractivity contribution in [3.8, 4) is 0 Å². The highest BCUT2D eigenvalue weighted by Crippen LogP contribution is 2.48. The van der Waals surface area contributed by atoms with Crippen molar-refractivity contribution in [3.05, 3.63) is 47.2 Å². The average molecular weight is 423 g/mol. The van der Waals surface area contributed by atoms with Gasteiger partial charge in [0.25, 0.3) is 5.60 Å². The first kappa shape index (κ1) is 21.0. The third-order valence-corrected chi connectivity index (χ3v) is 4.61. The van der Waals surface area contributed by atoms with Gasteiger partial charge in [0.1, 0.15) is 6.04 Å².